The maximum absolute atomic E-state index is 5.78. The number of hydrogen-bond donors (Lipinski definition) is 0. The van der Waals surface area contributed by atoms with Gasteiger partial charge in [-0.1, -0.05) is 39.0 Å². The predicted octanol–water partition coefficient (Wildman–Crippen LogP) is 4.02. The van der Waals surface area contributed by atoms with Gasteiger partial charge in [-0.05, 0) is 6.42 Å². The van der Waals surface area contributed by atoms with Crippen LogP contribution in [-0.2, 0) is 4.74 Å². The van der Waals surface area contributed by atoms with Crippen molar-refractivity contribution in [3.05, 3.63) is 6.92 Å². The van der Waals surface area contributed by atoms with Crippen molar-refractivity contribution in [2.45, 2.75) is 43.9 Å². The standard InChI is InChI=1S/C11H21Cl2O/c1-2-3-4-5-6-7-8-14-10-11(13)9-12/h11H,1-10H2. The summed E-state index contributed by atoms with van der Waals surface area (Å²) in [6, 6.07) is 0. The van der Waals surface area contributed by atoms with Crippen molar-refractivity contribution in [1.82, 2.24) is 0 Å². The molecule has 0 N–H and O–H groups in total. The molecular formula is C11H21Cl2O. The Morgan fingerprint density at radius 2 is 1.71 bits per heavy atom. The molecule has 85 valence electrons. The molecular weight excluding hydrogens is 219 g/mol. The summed E-state index contributed by atoms with van der Waals surface area (Å²) < 4.78 is 5.36. The van der Waals surface area contributed by atoms with Crippen LogP contribution in [0.5, 0.6) is 0 Å². The van der Waals surface area contributed by atoms with E-state index in [0.29, 0.717) is 12.5 Å². The Morgan fingerprint density at radius 1 is 1.07 bits per heavy atom. The Balaban J connectivity index is 2.92. The summed E-state index contributed by atoms with van der Waals surface area (Å²) in [4.78, 5) is 0. The first-order valence-corrected chi connectivity index (χ1v) is 6.35. The average Bonchev–Trinajstić information content (AvgIpc) is 2.21. The fraction of sp³-hybridized carbons (Fsp3) is 0.909. The van der Waals surface area contributed by atoms with Gasteiger partial charge >= 0.3 is 0 Å². The van der Waals surface area contributed by atoms with E-state index < -0.39 is 0 Å². The lowest BCUT2D eigenvalue weighted by Crippen LogP contribution is -2.11. The van der Waals surface area contributed by atoms with Gasteiger partial charge in [0.1, 0.15) is 0 Å². The number of ether oxygens (including phenoxy) is 1. The molecule has 0 aliphatic rings. The Hall–Kier alpha value is 0.540. The molecule has 0 aromatic carbocycles. The molecule has 0 aliphatic carbocycles. The van der Waals surface area contributed by atoms with E-state index in [1.807, 2.05) is 0 Å². The molecule has 0 saturated carbocycles. The lowest BCUT2D eigenvalue weighted by molar-refractivity contribution is 0.133. The minimum Gasteiger partial charge on any atom is -0.380 e. The lowest BCUT2D eigenvalue weighted by atomic mass is 10.1. The monoisotopic (exact) mass is 239 g/mol. The molecule has 0 amide bonds. The van der Waals surface area contributed by atoms with Gasteiger partial charge in [0.15, 0.2) is 0 Å². The van der Waals surface area contributed by atoms with E-state index in [4.69, 9.17) is 27.9 Å². The molecule has 0 fully saturated rings. The summed E-state index contributed by atoms with van der Waals surface area (Å²) in [6.07, 6.45) is 7.26. The highest BCUT2D eigenvalue weighted by molar-refractivity contribution is 6.28. The second-order valence-corrected chi connectivity index (χ2v) is 4.37. The first-order chi connectivity index (χ1) is 6.81. The van der Waals surface area contributed by atoms with Crippen LogP contribution in [0.1, 0.15) is 38.5 Å². The van der Waals surface area contributed by atoms with Crippen LogP contribution in [0.15, 0.2) is 0 Å². The van der Waals surface area contributed by atoms with Crippen LogP contribution in [0, 0.1) is 6.92 Å². The van der Waals surface area contributed by atoms with Gasteiger partial charge in [-0.3, -0.25) is 0 Å². The van der Waals surface area contributed by atoms with Crippen LogP contribution in [0.4, 0.5) is 0 Å². The van der Waals surface area contributed by atoms with Gasteiger partial charge in [0.25, 0.3) is 0 Å². The highest BCUT2D eigenvalue weighted by atomic mass is 35.5. The van der Waals surface area contributed by atoms with E-state index in [2.05, 4.69) is 6.92 Å². The normalized spacial score (nSPS) is 13.1. The molecule has 0 aromatic heterocycles. The summed E-state index contributed by atoms with van der Waals surface area (Å²) >= 11 is 11.3. The van der Waals surface area contributed by atoms with Crippen molar-refractivity contribution in [2.24, 2.45) is 0 Å². The zero-order chi connectivity index (χ0) is 10.6. The maximum atomic E-state index is 5.78. The van der Waals surface area contributed by atoms with Crippen LogP contribution in [-0.4, -0.2) is 24.5 Å². The summed E-state index contributed by atoms with van der Waals surface area (Å²) in [5.74, 6) is 0.463. The lowest BCUT2D eigenvalue weighted by Gasteiger charge is -2.06. The van der Waals surface area contributed by atoms with E-state index in [1.54, 1.807) is 0 Å². The molecule has 0 aromatic rings. The van der Waals surface area contributed by atoms with E-state index >= 15 is 0 Å². The Morgan fingerprint density at radius 3 is 2.36 bits per heavy atom. The van der Waals surface area contributed by atoms with Crippen LogP contribution >= 0.6 is 23.2 Å². The zero-order valence-corrected chi connectivity index (χ0v) is 10.3. The minimum atomic E-state index is -0.0390. The Kier molecular flexibility index (Phi) is 12.1. The Bertz CT molecular complexity index is 109. The summed E-state index contributed by atoms with van der Waals surface area (Å²) in [6.45, 7) is 5.19. The van der Waals surface area contributed by atoms with E-state index in [1.165, 1.54) is 25.7 Å². The first kappa shape index (κ1) is 14.5. The van der Waals surface area contributed by atoms with Crippen LogP contribution in [0.25, 0.3) is 0 Å². The van der Waals surface area contributed by atoms with Gasteiger partial charge in [-0.25, -0.2) is 0 Å². The third-order valence-electron chi connectivity index (χ3n) is 2.00. The molecule has 1 nitrogen and oxygen atoms in total. The summed E-state index contributed by atoms with van der Waals surface area (Å²) in [7, 11) is 0. The number of halogens is 2. The molecule has 1 radical (unpaired) electrons. The van der Waals surface area contributed by atoms with Crippen molar-refractivity contribution in [3.8, 4) is 0 Å². The molecule has 14 heavy (non-hydrogen) atoms. The molecule has 0 heterocycles. The van der Waals surface area contributed by atoms with Crippen molar-refractivity contribution in [3.63, 3.8) is 0 Å². The maximum Gasteiger partial charge on any atom is 0.0704 e. The first-order valence-electron chi connectivity index (χ1n) is 5.38. The molecule has 0 saturated heterocycles. The fourth-order valence-corrected chi connectivity index (χ4v) is 1.35. The SMILES string of the molecule is [CH2]CCCCCCCOCC(Cl)CCl. The molecule has 3 heteroatoms. The van der Waals surface area contributed by atoms with Gasteiger partial charge in [0.2, 0.25) is 0 Å². The predicted molar refractivity (Wildman–Crippen MR) is 64.2 cm³/mol. The van der Waals surface area contributed by atoms with Crippen LogP contribution < -0.4 is 0 Å². The topological polar surface area (TPSA) is 9.23 Å². The number of rotatable bonds is 10. The van der Waals surface area contributed by atoms with Crippen LogP contribution in [0.3, 0.4) is 0 Å². The largest absolute Gasteiger partial charge is 0.380 e. The van der Waals surface area contributed by atoms with E-state index in [-0.39, 0.29) is 5.38 Å². The summed E-state index contributed by atoms with van der Waals surface area (Å²) in [5.41, 5.74) is 0. The summed E-state index contributed by atoms with van der Waals surface area (Å²) in [5, 5.41) is -0.0390. The second kappa shape index (κ2) is 11.6. The number of unbranched alkanes of at least 4 members (excludes halogenated alkanes) is 5. The van der Waals surface area contributed by atoms with Crippen molar-refractivity contribution in [2.75, 3.05) is 19.1 Å². The molecule has 1 atom stereocenters. The molecule has 0 bridgehead atoms. The van der Waals surface area contributed by atoms with E-state index in [0.717, 1.165) is 19.4 Å². The van der Waals surface area contributed by atoms with Crippen LogP contribution in [0.2, 0.25) is 0 Å². The third kappa shape index (κ3) is 10.6. The zero-order valence-electron chi connectivity index (χ0n) is 8.81. The number of alkyl halides is 2. The molecule has 1 unspecified atom stereocenters. The van der Waals surface area contributed by atoms with Gasteiger partial charge in [0, 0.05) is 12.5 Å². The van der Waals surface area contributed by atoms with Gasteiger partial charge in [-0.2, -0.15) is 0 Å². The van der Waals surface area contributed by atoms with Crippen molar-refractivity contribution < 1.29 is 4.74 Å². The molecule has 0 rings (SSSR count). The second-order valence-electron chi connectivity index (χ2n) is 3.45. The van der Waals surface area contributed by atoms with Gasteiger partial charge < -0.3 is 4.74 Å². The van der Waals surface area contributed by atoms with Crippen molar-refractivity contribution >= 4 is 23.2 Å². The minimum absolute atomic E-state index is 0.0390. The molecule has 0 spiro atoms. The van der Waals surface area contributed by atoms with Crippen molar-refractivity contribution in [1.29, 1.82) is 0 Å². The average molecular weight is 240 g/mol. The number of hydrogen-bond acceptors (Lipinski definition) is 1. The van der Waals surface area contributed by atoms with E-state index in [9.17, 15) is 0 Å². The third-order valence-corrected chi connectivity index (χ3v) is 2.82. The van der Waals surface area contributed by atoms with Gasteiger partial charge in [-0.15, -0.1) is 23.2 Å². The molecule has 0 aliphatic heterocycles. The Labute approximate surface area is 98.1 Å². The quantitative estimate of drug-likeness (QED) is 0.414. The highest BCUT2D eigenvalue weighted by Crippen LogP contribution is 2.05. The van der Waals surface area contributed by atoms with Gasteiger partial charge in [0.05, 0.1) is 12.0 Å². The fourth-order valence-electron chi connectivity index (χ4n) is 1.17. The highest BCUT2D eigenvalue weighted by Gasteiger charge is 2.01. The smallest absolute Gasteiger partial charge is 0.0704 e.